The molecule has 6 heteroatoms. The van der Waals surface area contributed by atoms with E-state index in [9.17, 15) is 9.59 Å². The van der Waals surface area contributed by atoms with Gasteiger partial charge in [-0.1, -0.05) is 0 Å². The highest BCUT2D eigenvalue weighted by molar-refractivity contribution is 5.98. The zero-order valence-corrected chi connectivity index (χ0v) is 9.47. The molecule has 0 aromatic carbocycles. The van der Waals surface area contributed by atoms with Gasteiger partial charge in [-0.3, -0.25) is 4.79 Å². The van der Waals surface area contributed by atoms with Gasteiger partial charge in [-0.05, 0) is 18.6 Å². The van der Waals surface area contributed by atoms with Crippen molar-refractivity contribution in [3.05, 3.63) is 23.9 Å². The minimum atomic E-state index is -1.09. The number of nitrogens with one attached hydrogen (secondary N) is 1. The Balaban J connectivity index is 2.49. The Kier molecular flexibility index (Phi) is 4.93. The minimum Gasteiger partial charge on any atom is -0.480 e. The van der Waals surface area contributed by atoms with Crippen LogP contribution in [0.2, 0.25) is 0 Å². The molecule has 0 aliphatic rings. The summed E-state index contributed by atoms with van der Waals surface area (Å²) in [5.74, 6) is 0.186. The Hall–Kier alpha value is -2.11. The number of nitrogens with zero attached hydrogens (tertiary/aromatic N) is 1. The molecule has 1 aromatic heterocycles. The summed E-state index contributed by atoms with van der Waals surface area (Å²) in [6.45, 7) is 0.254. The number of Topliss-reactive ketones (excluding diaryl/α,β-unsaturated/α-hetero) is 1. The first kappa shape index (κ1) is 13.0. The first-order valence-electron chi connectivity index (χ1n) is 5.14. The molecule has 17 heavy (non-hydrogen) atoms. The first-order chi connectivity index (χ1) is 8.15. The topological polar surface area (TPSA) is 88.5 Å². The molecule has 0 saturated carbocycles. The van der Waals surface area contributed by atoms with Crippen LogP contribution in [0.3, 0.4) is 0 Å². The number of ketones is 1. The lowest BCUT2D eigenvalue weighted by Gasteiger charge is -2.05. The summed E-state index contributed by atoms with van der Waals surface area (Å²) in [5.41, 5.74) is 0.422. The van der Waals surface area contributed by atoms with Crippen LogP contribution in [0.5, 0.6) is 5.88 Å². The normalized spacial score (nSPS) is 9.71. The fourth-order valence-electron chi connectivity index (χ4n) is 1.34. The summed E-state index contributed by atoms with van der Waals surface area (Å²) >= 11 is 0. The number of pyridine rings is 1. The molecule has 6 nitrogen and oxygen atoms in total. The fraction of sp³-hybridized carbons (Fsp3) is 0.364. The van der Waals surface area contributed by atoms with Crippen molar-refractivity contribution in [3.63, 3.8) is 0 Å². The second-order valence-corrected chi connectivity index (χ2v) is 3.32. The predicted molar refractivity (Wildman–Crippen MR) is 60.4 cm³/mol. The summed E-state index contributed by atoms with van der Waals surface area (Å²) in [7, 11) is 1.45. The molecular formula is C11H14N2O4. The zero-order valence-electron chi connectivity index (χ0n) is 9.47. The molecule has 1 heterocycles. The van der Waals surface area contributed by atoms with Gasteiger partial charge in [-0.2, -0.15) is 0 Å². The molecule has 0 fully saturated rings. The number of hydrogen-bond acceptors (Lipinski definition) is 4. The molecule has 0 aliphatic carbocycles. The van der Waals surface area contributed by atoms with Crippen molar-refractivity contribution in [2.45, 2.75) is 12.8 Å². The van der Waals surface area contributed by atoms with Gasteiger partial charge in [0.25, 0.3) is 0 Å². The lowest BCUT2D eigenvalue weighted by molar-refractivity contribution is 0.0975. The molecule has 0 saturated heterocycles. The van der Waals surface area contributed by atoms with Crippen molar-refractivity contribution in [1.29, 1.82) is 0 Å². The van der Waals surface area contributed by atoms with Crippen LogP contribution in [-0.4, -0.2) is 35.6 Å². The summed E-state index contributed by atoms with van der Waals surface area (Å²) in [6, 6.07) is 3.30. The van der Waals surface area contributed by atoms with Gasteiger partial charge >= 0.3 is 6.09 Å². The maximum Gasteiger partial charge on any atom is 0.404 e. The molecule has 0 spiro atoms. The number of carboxylic acid groups (broad SMARTS) is 1. The molecule has 1 rings (SSSR count). The van der Waals surface area contributed by atoms with E-state index in [2.05, 4.69) is 10.3 Å². The lowest BCUT2D eigenvalue weighted by Crippen LogP contribution is -2.22. The number of ether oxygens (including phenoxy) is 1. The van der Waals surface area contributed by atoms with Gasteiger partial charge in [0.15, 0.2) is 5.78 Å². The molecule has 0 aliphatic heterocycles. The molecule has 0 bridgehead atoms. The van der Waals surface area contributed by atoms with Crippen molar-refractivity contribution in [3.8, 4) is 5.88 Å². The van der Waals surface area contributed by atoms with E-state index in [-0.39, 0.29) is 18.7 Å². The molecule has 1 amide bonds. The van der Waals surface area contributed by atoms with E-state index in [1.165, 1.54) is 7.11 Å². The third-order valence-corrected chi connectivity index (χ3v) is 2.12. The molecule has 1 aromatic rings. The number of carbonyl (C=O) groups excluding carboxylic acids is 1. The van der Waals surface area contributed by atoms with Gasteiger partial charge in [0, 0.05) is 19.2 Å². The molecule has 0 radical (unpaired) electrons. The maximum absolute atomic E-state index is 11.8. The Morgan fingerprint density at radius 1 is 1.53 bits per heavy atom. The van der Waals surface area contributed by atoms with E-state index in [1.54, 1.807) is 18.3 Å². The highest BCUT2D eigenvalue weighted by atomic mass is 16.5. The second kappa shape index (κ2) is 6.47. The monoisotopic (exact) mass is 238 g/mol. The Morgan fingerprint density at radius 2 is 2.29 bits per heavy atom. The van der Waals surface area contributed by atoms with Gasteiger partial charge in [0.1, 0.15) is 0 Å². The van der Waals surface area contributed by atoms with Crippen LogP contribution in [0.4, 0.5) is 4.79 Å². The van der Waals surface area contributed by atoms with Crippen LogP contribution in [0, 0.1) is 0 Å². The van der Waals surface area contributed by atoms with Crippen molar-refractivity contribution in [2.75, 3.05) is 13.7 Å². The third kappa shape index (κ3) is 4.10. The van der Waals surface area contributed by atoms with E-state index in [4.69, 9.17) is 9.84 Å². The SMILES string of the molecule is COc1ncccc1C(=O)CCCNC(=O)O. The van der Waals surface area contributed by atoms with Crippen molar-refractivity contribution in [1.82, 2.24) is 10.3 Å². The van der Waals surface area contributed by atoms with Crippen LogP contribution >= 0.6 is 0 Å². The number of aromatic nitrogens is 1. The highest BCUT2D eigenvalue weighted by Crippen LogP contribution is 2.16. The largest absolute Gasteiger partial charge is 0.480 e. The number of carbonyl (C=O) groups is 2. The summed E-state index contributed by atoms with van der Waals surface area (Å²) in [5, 5.41) is 10.6. The van der Waals surface area contributed by atoms with Crippen LogP contribution in [0.1, 0.15) is 23.2 Å². The standard InChI is InChI=1S/C11H14N2O4/c1-17-10-8(4-2-6-12-10)9(14)5-3-7-13-11(15)16/h2,4,6,13H,3,5,7H2,1H3,(H,15,16). The summed E-state index contributed by atoms with van der Waals surface area (Å²) < 4.78 is 4.97. The molecular weight excluding hydrogens is 224 g/mol. The van der Waals surface area contributed by atoms with E-state index < -0.39 is 6.09 Å². The molecule has 2 N–H and O–H groups in total. The van der Waals surface area contributed by atoms with Crippen LogP contribution in [-0.2, 0) is 0 Å². The number of hydrogen-bond donors (Lipinski definition) is 2. The predicted octanol–water partition coefficient (Wildman–Crippen LogP) is 1.32. The van der Waals surface area contributed by atoms with Crippen LogP contribution in [0.15, 0.2) is 18.3 Å². The average molecular weight is 238 g/mol. The smallest absolute Gasteiger partial charge is 0.404 e. The highest BCUT2D eigenvalue weighted by Gasteiger charge is 2.12. The average Bonchev–Trinajstić information content (AvgIpc) is 2.34. The number of amides is 1. The van der Waals surface area contributed by atoms with Gasteiger partial charge in [0.05, 0.1) is 12.7 Å². The summed E-state index contributed by atoms with van der Waals surface area (Å²) in [6.07, 6.45) is 1.16. The minimum absolute atomic E-state index is 0.109. The third-order valence-electron chi connectivity index (χ3n) is 2.12. The quantitative estimate of drug-likeness (QED) is 0.576. The number of methoxy groups -OCH3 is 1. The van der Waals surface area contributed by atoms with E-state index in [0.717, 1.165) is 0 Å². The van der Waals surface area contributed by atoms with Crippen LogP contribution < -0.4 is 10.1 Å². The number of rotatable bonds is 6. The van der Waals surface area contributed by atoms with Gasteiger partial charge in [0.2, 0.25) is 5.88 Å². The lowest BCUT2D eigenvalue weighted by atomic mass is 10.1. The van der Waals surface area contributed by atoms with Gasteiger partial charge < -0.3 is 15.2 Å². The summed E-state index contributed by atoms with van der Waals surface area (Å²) in [4.78, 5) is 25.9. The van der Waals surface area contributed by atoms with E-state index >= 15 is 0 Å². The molecule has 0 unspecified atom stereocenters. The fourth-order valence-corrected chi connectivity index (χ4v) is 1.34. The molecule has 92 valence electrons. The Labute approximate surface area is 98.6 Å². The zero-order chi connectivity index (χ0) is 12.7. The van der Waals surface area contributed by atoms with Gasteiger partial charge in [-0.25, -0.2) is 9.78 Å². The van der Waals surface area contributed by atoms with Crippen LogP contribution in [0.25, 0.3) is 0 Å². The Morgan fingerprint density at radius 3 is 2.94 bits per heavy atom. The first-order valence-corrected chi connectivity index (χ1v) is 5.14. The van der Waals surface area contributed by atoms with E-state index in [0.29, 0.717) is 17.9 Å². The van der Waals surface area contributed by atoms with Crippen molar-refractivity contribution >= 4 is 11.9 Å². The van der Waals surface area contributed by atoms with Crippen molar-refractivity contribution in [2.24, 2.45) is 0 Å². The maximum atomic E-state index is 11.8. The molecule has 0 atom stereocenters. The van der Waals surface area contributed by atoms with E-state index in [1.807, 2.05) is 0 Å². The van der Waals surface area contributed by atoms with Crippen molar-refractivity contribution < 1.29 is 19.4 Å². The second-order valence-electron chi connectivity index (χ2n) is 3.32. The Bertz CT molecular complexity index is 406. The van der Waals surface area contributed by atoms with Gasteiger partial charge in [-0.15, -0.1) is 0 Å².